The quantitative estimate of drug-likeness (QED) is 0.675. The number of aromatic nitrogens is 3. The lowest BCUT2D eigenvalue weighted by molar-refractivity contribution is -0.115. The molecular formula is C22H19F2N5O. The van der Waals surface area contributed by atoms with Crippen molar-refractivity contribution in [2.45, 2.75) is 30.8 Å². The van der Waals surface area contributed by atoms with Crippen molar-refractivity contribution in [3.63, 3.8) is 0 Å². The van der Waals surface area contributed by atoms with E-state index in [1.165, 1.54) is 18.3 Å². The number of rotatable bonds is 5. The second kappa shape index (κ2) is 7.12. The summed E-state index contributed by atoms with van der Waals surface area (Å²) in [5, 5.41) is 5.99. The first kappa shape index (κ1) is 18.6. The molecule has 0 radical (unpaired) electrons. The minimum Gasteiger partial charge on any atom is -0.353 e. The lowest BCUT2D eigenvalue weighted by Crippen LogP contribution is -2.49. The number of fused-ring (bicyclic) bond motifs is 1. The van der Waals surface area contributed by atoms with Gasteiger partial charge >= 0.3 is 0 Å². The third-order valence-corrected chi connectivity index (χ3v) is 5.80. The highest BCUT2D eigenvalue weighted by Crippen LogP contribution is 2.45. The SMILES string of the molecule is O=C1Cc2cccc(-c3cnc(NCC4(c5ncccc5F)CC(F)C4)nc3)c2N1. The number of pyridine rings is 1. The van der Waals surface area contributed by atoms with E-state index in [-0.39, 0.29) is 31.0 Å². The number of halogens is 2. The number of hydrogen-bond acceptors (Lipinski definition) is 5. The van der Waals surface area contributed by atoms with E-state index in [2.05, 4.69) is 25.6 Å². The third kappa shape index (κ3) is 3.18. The molecule has 1 fully saturated rings. The van der Waals surface area contributed by atoms with Crippen LogP contribution in [-0.2, 0) is 16.6 Å². The summed E-state index contributed by atoms with van der Waals surface area (Å²) >= 11 is 0. The van der Waals surface area contributed by atoms with Crippen LogP contribution in [0.2, 0.25) is 0 Å². The summed E-state index contributed by atoms with van der Waals surface area (Å²) < 4.78 is 28.0. The Bertz CT molecular complexity index is 1110. The maximum absolute atomic E-state index is 14.3. The number of carbonyl (C=O) groups excluding carboxylic acids is 1. The standard InChI is InChI=1S/C22H19F2N5O/c23-15-8-22(9-15,20-17(24)5-2-6-25-20)12-28-21-26-10-14(11-27-21)16-4-1-3-13-7-18(30)29-19(13)16/h1-6,10-11,15H,7-9,12H2,(H,29,30)(H,26,27,28). The van der Waals surface area contributed by atoms with E-state index >= 15 is 0 Å². The Kier molecular flexibility index (Phi) is 4.42. The largest absolute Gasteiger partial charge is 0.353 e. The van der Waals surface area contributed by atoms with Gasteiger partial charge in [-0.25, -0.2) is 18.7 Å². The van der Waals surface area contributed by atoms with Crippen LogP contribution in [0.3, 0.4) is 0 Å². The number of amides is 1. The van der Waals surface area contributed by atoms with E-state index in [1.807, 2.05) is 18.2 Å². The molecule has 2 aromatic heterocycles. The van der Waals surface area contributed by atoms with Gasteiger partial charge in [0.05, 0.1) is 17.8 Å². The topological polar surface area (TPSA) is 79.8 Å². The maximum Gasteiger partial charge on any atom is 0.228 e. The first-order valence-corrected chi connectivity index (χ1v) is 9.77. The Hall–Kier alpha value is -3.42. The van der Waals surface area contributed by atoms with Gasteiger partial charge in [-0.3, -0.25) is 9.78 Å². The molecule has 0 unspecified atom stereocenters. The van der Waals surface area contributed by atoms with E-state index in [9.17, 15) is 13.6 Å². The summed E-state index contributed by atoms with van der Waals surface area (Å²) in [5.41, 5.74) is 2.94. The number of nitrogens with one attached hydrogen (secondary N) is 2. The molecular weight excluding hydrogens is 388 g/mol. The second-order valence-electron chi connectivity index (χ2n) is 7.83. The van der Waals surface area contributed by atoms with Crippen LogP contribution in [0, 0.1) is 5.82 Å². The number of carbonyl (C=O) groups is 1. The fraction of sp³-hybridized carbons (Fsp3) is 0.273. The van der Waals surface area contributed by atoms with Gasteiger partial charge in [0.25, 0.3) is 0 Å². The summed E-state index contributed by atoms with van der Waals surface area (Å²) in [6, 6.07) is 8.59. The van der Waals surface area contributed by atoms with Crippen molar-refractivity contribution in [2.24, 2.45) is 0 Å². The summed E-state index contributed by atoms with van der Waals surface area (Å²) in [5.74, 6) is -0.0915. The highest BCUT2D eigenvalue weighted by molar-refractivity contribution is 6.03. The molecule has 0 atom stereocenters. The van der Waals surface area contributed by atoms with Crippen molar-refractivity contribution in [3.8, 4) is 11.1 Å². The second-order valence-corrected chi connectivity index (χ2v) is 7.83. The number of alkyl halides is 1. The van der Waals surface area contributed by atoms with Crippen molar-refractivity contribution in [1.82, 2.24) is 15.0 Å². The molecule has 2 aliphatic rings. The van der Waals surface area contributed by atoms with Crippen molar-refractivity contribution in [1.29, 1.82) is 0 Å². The molecule has 3 heterocycles. The Balaban J connectivity index is 1.34. The minimum atomic E-state index is -0.966. The van der Waals surface area contributed by atoms with Gasteiger partial charge in [0.1, 0.15) is 12.0 Å². The lowest BCUT2D eigenvalue weighted by Gasteiger charge is -2.43. The molecule has 8 heteroatoms. The predicted octanol–water partition coefficient (Wildman–Crippen LogP) is 3.65. The number of nitrogens with zero attached hydrogens (tertiary/aromatic N) is 3. The van der Waals surface area contributed by atoms with E-state index in [1.54, 1.807) is 12.4 Å². The highest BCUT2D eigenvalue weighted by Gasteiger charge is 2.48. The van der Waals surface area contributed by atoms with Crippen LogP contribution in [0.5, 0.6) is 0 Å². The van der Waals surface area contributed by atoms with Crippen LogP contribution in [0.1, 0.15) is 24.1 Å². The van der Waals surface area contributed by atoms with Crippen LogP contribution in [0.25, 0.3) is 11.1 Å². The summed E-state index contributed by atoms with van der Waals surface area (Å²) in [4.78, 5) is 24.6. The molecule has 1 aromatic carbocycles. The molecule has 1 amide bonds. The zero-order chi connectivity index (χ0) is 20.7. The van der Waals surface area contributed by atoms with Gasteiger partial charge in [-0.1, -0.05) is 18.2 Å². The zero-order valence-electron chi connectivity index (χ0n) is 16.0. The Morgan fingerprint density at radius 1 is 1.13 bits per heavy atom. The van der Waals surface area contributed by atoms with Crippen LogP contribution in [-0.4, -0.2) is 33.6 Å². The van der Waals surface area contributed by atoms with Crippen LogP contribution >= 0.6 is 0 Å². The van der Waals surface area contributed by atoms with Crippen LogP contribution in [0.4, 0.5) is 20.4 Å². The average Bonchev–Trinajstić information content (AvgIpc) is 3.11. The molecule has 1 aliphatic heterocycles. The van der Waals surface area contributed by atoms with Gasteiger partial charge in [0.2, 0.25) is 11.9 Å². The van der Waals surface area contributed by atoms with Gasteiger partial charge in [-0.15, -0.1) is 0 Å². The number of benzene rings is 1. The zero-order valence-corrected chi connectivity index (χ0v) is 16.0. The van der Waals surface area contributed by atoms with Gasteiger partial charge in [-0.05, 0) is 30.5 Å². The Labute approximate surface area is 171 Å². The molecule has 1 saturated carbocycles. The molecule has 30 heavy (non-hydrogen) atoms. The number of hydrogen-bond donors (Lipinski definition) is 2. The van der Waals surface area contributed by atoms with Crippen molar-refractivity contribution >= 4 is 17.5 Å². The molecule has 0 spiro atoms. The first-order valence-electron chi connectivity index (χ1n) is 9.77. The molecule has 6 nitrogen and oxygen atoms in total. The normalized spacial score (nSPS) is 22.2. The first-order chi connectivity index (χ1) is 14.5. The van der Waals surface area contributed by atoms with Crippen LogP contribution in [0.15, 0.2) is 48.9 Å². The average molecular weight is 407 g/mol. The fourth-order valence-corrected chi connectivity index (χ4v) is 4.28. The van der Waals surface area contributed by atoms with Crippen LogP contribution < -0.4 is 10.6 Å². The van der Waals surface area contributed by atoms with E-state index in [0.717, 1.165) is 22.4 Å². The molecule has 1 aliphatic carbocycles. The van der Waals surface area contributed by atoms with Gasteiger partial charge in [0, 0.05) is 41.7 Å². The Morgan fingerprint density at radius 3 is 2.67 bits per heavy atom. The summed E-state index contributed by atoms with van der Waals surface area (Å²) in [6.07, 6.45) is 4.68. The minimum absolute atomic E-state index is 0.0321. The highest BCUT2D eigenvalue weighted by atomic mass is 19.1. The summed E-state index contributed by atoms with van der Waals surface area (Å²) in [6.45, 7) is 0.289. The molecule has 5 rings (SSSR count). The van der Waals surface area contributed by atoms with Gasteiger partial charge in [-0.2, -0.15) is 0 Å². The van der Waals surface area contributed by atoms with E-state index in [4.69, 9.17) is 0 Å². The van der Waals surface area contributed by atoms with E-state index < -0.39 is 17.4 Å². The third-order valence-electron chi connectivity index (χ3n) is 5.80. The predicted molar refractivity (Wildman–Crippen MR) is 108 cm³/mol. The van der Waals surface area contributed by atoms with Gasteiger partial charge in [0.15, 0.2) is 0 Å². The number of anilines is 2. The molecule has 2 N–H and O–H groups in total. The lowest BCUT2D eigenvalue weighted by atomic mass is 9.65. The molecule has 3 aromatic rings. The monoisotopic (exact) mass is 407 g/mol. The smallest absolute Gasteiger partial charge is 0.228 e. The molecule has 152 valence electrons. The van der Waals surface area contributed by atoms with Crippen molar-refractivity contribution in [2.75, 3.05) is 17.2 Å². The van der Waals surface area contributed by atoms with Gasteiger partial charge < -0.3 is 10.6 Å². The number of para-hydroxylation sites is 1. The summed E-state index contributed by atoms with van der Waals surface area (Å²) in [7, 11) is 0. The Morgan fingerprint density at radius 2 is 1.93 bits per heavy atom. The molecule has 0 saturated heterocycles. The maximum atomic E-state index is 14.3. The van der Waals surface area contributed by atoms with Crippen molar-refractivity contribution in [3.05, 3.63) is 66.0 Å². The van der Waals surface area contributed by atoms with E-state index in [0.29, 0.717) is 12.4 Å². The fourth-order valence-electron chi connectivity index (χ4n) is 4.28. The molecule has 0 bridgehead atoms. The van der Waals surface area contributed by atoms with Crippen molar-refractivity contribution < 1.29 is 13.6 Å².